The monoisotopic (exact) mass is 311 g/mol. The fourth-order valence-corrected chi connectivity index (χ4v) is 2.31. The highest BCUT2D eigenvalue weighted by Crippen LogP contribution is 2.27. The Hall–Kier alpha value is -1.53. The Morgan fingerprint density at radius 3 is 2.55 bits per heavy atom. The van der Waals surface area contributed by atoms with E-state index >= 15 is 0 Å². The lowest BCUT2D eigenvalue weighted by molar-refractivity contribution is 0.288. The van der Waals surface area contributed by atoms with E-state index in [0.717, 1.165) is 17.1 Å². The Labute approximate surface area is 126 Å². The average Bonchev–Trinajstić information content (AvgIpc) is 2.45. The van der Waals surface area contributed by atoms with Gasteiger partial charge in [0.05, 0.1) is 13.7 Å². The van der Waals surface area contributed by atoms with Crippen LogP contribution < -0.4 is 9.47 Å². The molecule has 0 fully saturated rings. The summed E-state index contributed by atoms with van der Waals surface area (Å²) in [4.78, 5) is 13.2. The Morgan fingerprint density at radius 2 is 1.90 bits per heavy atom. The van der Waals surface area contributed by atoms with Gasteiger partial charge in [-0.25, -0.2) is 0 Å². The van der Waals surface area contributed by atoms with Crippen LogP contribution in [0.15, 0.2) is 34.3 Å². The first kappa shape index (κ1) is 14.9. The molecule has 2 rings (SSSR count). The fraction of sp³-hybridized carbons (Fsp3) is 0.308. The highest BCUT2D eigenvalue weighted by Gasteiger charge is 2.08. The topological polar surface area (TPSA) is 57.1 Å². The van der Waals surface area contributed by atoms with Crippen molar-refractivity contribution in [1.29, 1.82) is 0 Å². The van der Waals surface area contributed by atoms with Crippen LogP contribution in [0.5, 0.6) is 11.8 Å². The Kier molecular flexibility index (Phi) is 5.43. The van der Waals surface area contributed by atoms with E-state index in [1.165, 1.54) is 11.8 Å². The maximum Gasteiger partial charge on any atom is 0.321 e. The molecule has 106 valence electrons. The summed E-state index contributed by atoms with van der Waals surface area (Å²) in [6.07, 6.45) is 0.879. The predicted molar refractivity (Wildman–Crippen MR) is 77.7 cm³/mol. The van der Waals surface area contributed by atoms with Crippen LogP contribution in [0.4, 0.5) is 0 Å². The van der Waals surface area contributed by atoms with Gasteiger partial charge < -0.3 is 9.47 Å². The van der Waals surface area contributed by atoms with Gasteiger partial charge in [-0.05, 0) is 54.0 Å². The van der Waals surface area contributed by atoms with E-state index < -0.39 is 0 Å². The Morgan fingerprint density at radius 1 is 1.15 bits per heavy atom. The minimum absolute atomic E-state index is 0.127. The van der Waals surface area contributed by atoms with Gasteiger partial charge in [0.2, 0.25) is 5.28 Å². The van der Waals surface area contributed by atoms with E-state index in [9.17, 15) is 0 Å². The molecule has 0 saturated heterocycles. The van der Waals surface area contributed by atoms with E-state index in [1.54, 1.807) is 7.11 Å². The molecule has 0 N–H and O–H groups in total. The number of hydrogen-bond acceptors (Lipinski definition) is 6. The first-order chi connectivity index (χ1) is 9.71. The summed E-state index contributed by atoms with van der Waals surface area (Å²) in [5.41, 5.74) is 0. The molecule has 7 heteroatoms. The predicted octanol–water partition coefficient (Wildman–Crippen LogP) is 3.47. The van der Waals surface area contributed by atoms with Crippen molar-refractivity contribution >= 4 is 23.4 Å². The standard InChI is InChI=1S/C13H14ClN3O2S/c1-3-8-19-12-15-11(14)16-13(17-12)20-10-6-4-9(18-2)5-7-10/h4-7H,3,8H2,1-2H3. The SMILES string of the molecule is CCCOc1nc(Cl)nc(Sc2ccc(OC)cc2)n1. The number of aromatic nitrogens is 3. The molecule has 2 aromatic rings. The molecule has 0 atom stereocenters. The third-order valence-corrected chi connectivity index (χ3v) is 3.31. The Bertz CT molecular complexity index is 566. The van der Waals surface area contributed by atoms with Crippen molar-refractivity contribution in [2.45, 2.75) is 23.4 Å². The van der Waals surface area contributed by atoms with Gasteiger partial charge in [-0.1, -0.05) is 6.92 Å². The minimum Gasteiger partial charge on any atom is -0.497 e. The molecule has 0 aliphatic carbocycles. The van der Waals surface area contributed by atoms with Crippen LogP contribution >= 0.6 is 23.4 Å². The summed E-state index contributed by atoms with van der Waals surface area (Å²) in [5, 5.41) is 0.628. The number of nitrogens with zero attached hydrogens (tertiary/aromatic N) is 3. The van der Waals surface area contributed by atoms with Gasteiger partial charge in [-0.2, -0.15) is 15.0 Å². The zero-order chi connectivity index (χ0) is 14.4. The summed E-state index contributed by atoms with van der Waals surface area (Å²) in [5.74, 6) is 0.801. The van der Waals surface area contributed by atoms with Crippen molar-refractivity contribution in [2.24, 2.45) is 0 Å². The fourth-order valence-electron chi connectivity index (χ4n) is 1.37. The zero-order valence-corrected chi connectivity index (χ0v) is 12.7. The molecule has 0 saturated carbocycles. The molecule has 5 nitrogen and oxygen atoms in total. The van der Waals surface area contributed by atoms with Gasteiger partial charge in [-0.3, -0.25) is 0 Å². The van der Waals surface area contributed by atoms with E-state index in [1.807, 2.05) is 31.2 Å². The molecule has 0 radical (unpaired) electrons. The second-order valence-corrected chi connectivity index (χ2v) is 5.17. The van der Waals surface area contributed by atoms with Crippen molar-refractivity contribution in [3.8, 4) is 11.8 Å². The van der Waals surface area contributed by atoms with Crippen LogP contribution in [0.1, 0.15) is 13.3 Å². The molecule has 1 aromatic carbocycles. The van der Waals surface area contributed by atoms with Crippen molar-refractivity contribution in [3.05, 3.63) is 29.5 Å². The molecular weight excluding hydrogens is 298 g/mol. The molecule has 0 amide bonds. The number of rotatable bonds is 6. The van der Waals surface area contributed by atoms with Crippen LogP contribution in [0, 0.1) is 0 Å². The van der Waals surface area contributed by atoms with E-state index in [2.05, 4.69) is 15.0 Å². The summed E-state index contributed by atoms with van der Waals surface area (Å²) >= 11 is 7.25. The van der Waals surface area contributed by atoms with E-state index in [4.69, 9.17) is 21.1 Å². The van der Waals surface area contributed by atoms with Crippen LogP contribution in [-0.4, -0.2) is 28.7 Å². The quantitative estimate of drug-likeness (QED) is 0.814. The molecule has 1 heterocycles. The highest BCUT2D eigenvalue weighted by molar-refractivity contribution is 7.99. The van der Waals surface area contributed by atoms with Crippen molar-refractivity contribution < 1.29 is 9.47 Å². The summed E-state index contributed by atoms with van der Waals surface area (Å²) in [6.45, 7) is 2.56. The Balaban J connectivity index is 2.12. The number of methoxy groups -OCH3 is 1. The maximum absolute atomic E-state index is 5.87. The van der Waals surface area contributed by atoms with Crippen molar-refractivity contribution in [2.75, 3.05) is 13.7 Å². The zero-order valence-electron chi connectivity index (χ0n) is 11.2. The highest BCUT2D eigenvalue weighted by atomic mass is 35.5. The molecular formula is C13H14ClN3O2S. The molecule has 0 aliphatic heterocycles. The molecule has 0 spiro atoms. The molecule has 1 aromatic heterocycles. The number of hydrogen-bond donors (Lipinski definition) is 0. The maximum atomic E-state index is 5.87. The van der Waals surface area contributed by atoms with Gasteiger partial charge in [0.15, 0.2) is 5.16 Å². The van der Waals surface area contributed by atoms with Gasteiger partial charge in [0.1, 0.15) is 5.75 Å². The van der Waals surface area contributed by atoms with Gasteiger partial charge in [0.25, 0.3) is 0 Å². The van der Waals surface area contributed by atoms with Crippen LogP contribution in [0.3, 0.4) is 0 Å². The molecule has 0 unspecified atom stereocenters. The first-order valence-electron chi connectivity index (χ1n) is 6.07. The summed E-state index contributed by atoms with van der Waals surface area (Å²) < 4.78 is 10.5. The van der Waals surface area contributed by atoms with Gasteiger partial charge >= 0.3 is 6.01 Å². The van der Waals surface area contributed by atoms with Crippen molar-refractivity contribution in [3.63, 3.8) is 0 Å². The van der Waals surface area contributed by atoms with Crippen molar-refractivity contribution in [1.82, 2.24) is 15.0 Å². The first-order valence-corrected chi connectivity index (χ1v) is 7.27. The normalized spacial score (nSPS) is 10.3. The van der Waals surface area contributed by atoms with E-state index in [-0.39, 0.29) is 11.3 Å². The van der Waals surface area contributed by atoms with E-state index in [0.29, 0.717) is 11.8 Å². The smallest absolute Gasteiger partial charge is 0.321 e. The lowest BCUT2D eigenvalue weighted by atomic mass is 10.3. The van der Waals surface area contributed by atoms with Crippen LogP contribution in [-0.2, 0) is 0 Å². The number of halogens is 1. The lowest BCUT2D eigenvalue weighted by Crippen LogP contribution is -2.02. The van der Waals surface area contributed by atoms with Crippen LogP contribution in [0.2, 0.25) is 5.28 Å². The lowest BCUT2D eigenvalue weighted by Gasteiger charge is -2.05. The van der Waals surface area contributed by atoms with Gasteiger partial charge in [0, 0.05) is 4.90 Å². The minimum atomic E-state index is 0.127. The molecule has 20 heavy (non-hydrogen) atoms. The largest absolute Gasteiger partial charge is 0.497 e. The second-order valence-electron chi connectivity index (χ2n) is 3.80. The van der Waals surface area contributed by atoms with Gasteiger partial charge in [-0.15, -0.1) is 0 Å². The average molecular weight is 312 g/mol. The summed E-state index contributed by atoms with van der Waals surface area (Å²) in [7, 11) is 1.63. The van der Waals surface area contributed by atoms with Crippen LogP contribution in [0.25, 0.3) is 0 Å². The second kappa shape index (κ2) is 7.31. The number of benzene rings is 1. The third kappa shape index (κ3) is 4.25. The third-order valence-electron chi connectivity index (χ3n) is 2.27. The number of ether oxygens (including phenoxy) is 2. The molecule has 0 bridgehead atoms. The summed E-state index contributed by atoms with van der Waals surface area (Å²) in [6, 6.07) is 7.85. The molecule has 0 aliphatic rings.